The quantitative estimate of drug-likeness (QED) is 0.861. The summed E-state index contributed by atoms with van der Waals surface area (Å²) >= 11 is 1.53. The Balaban J connectivity index is 1.96. The lowest BCUT2D eigenvalue weighted by atomic mass is 10.2. The highest BCUT2D eigenvalue weighted by Gasteiger charge is 2.12. The van der Waals surface area contributed by atoms with E-state index in [4.69, 9.17) is 0 Å². The second-order valence-electron chi connectivity index (χ2n) is 4.41. The van der Waals surface area contributed by atoms with E-state index in [-0.39, 0.29) is 18.1 Å². The first-order valence-electron chi connectivity index (χ1n) is 5.94. The second kappa shape index (κ2) is 5.93. The number of thiazole rings is 1. The Bertz CT molecular complexity index is 582. The van der Waals surface area contributed by atoms with Crippen molar-refractivity contribution in [1.29, 1.82) is 0 Å². The smallest absolute Gasteiger partial charge is 0.228 e. The molecule has 2 aromatic rings. The first-order valence-corrected chi connectivity index (χ1v) is 6.82. The van der Waals surface area contributed by atoms with Gasteiger partial charge in [-0.2, -0.15) is 0 Å². The molecule has 2 rings (SSSR count). The van der Waals surface area contributed by atoms with E-state index in [1.165, 1.54) is 23.5 Å². The summed E-state index contributed by atoms with van der Waals surface area (Å²) in [5.74, 6) is -0.303. The van der Waals surface area contributed by atoms with Gasteiger partial charge in [0.1, 0.15) is 5.82 Å². The van der Waals surface area contributed by atoms with Crippen LogP contribution in [-0.4, -0.2) is 22.8 Å². The Kier molecular flexibility index (Phi) is 4.27. The number of rotatable bonds is 4. The number of hydrogen-bond donors (Lipinski definition) is 0. The van der Waals surface area contributed by atoms with Crippen molar-refractivity contribution in [3.8, 4) is 0 Å². The molecule has 0 aliphatic carbocycles. The highest BCUT2D eigenvalue weighted by molar-refractivity contribution is 7.09. The van der Waals surface area contributed by atoms with Gasteiger partial charge >= 0.3 is 0 Å². The van der Waals surface area contributed by atoms with E-state index < -0.39 is 0 Å². The van der Waals surface area contributed by atoms with Crippen LogP contribution in [0.4, 0.5) is 4.39 Å². The average molecular weight is 278 g/mol. The van der Waals surface area contributed by atoms with Gasteiger partial charge in [0.05, 0.1) is 17.1 Å². The number of nitrogens with zero attached hydrogens (tertiary/aromatic N) is 2. The molecule has 0 spiro atoms. The van der Waals surface area contributed by atoms with Gasteiger partial charge in [0.25, 0.3) is 0 Å². The zero-order chi connectivity index (χ0) is 13.8. The van der Waals surface area contributed by atoms with Gasteiger partial charge < -0.3 is 4.90 Å². The Morgan fingerprint density at radius 2 is 2.26 bits per heavy atom. The molecule has 0 aliphatic rings. The maximum atomic E-state index is 13.1. The Labute approximate surface area is 115 Å². The molecular formula is C14H15FN2OS. The number of hydrogen-bond acceptors (Lipinski definition) is 3. The van der Waals surface area contributed by atoms with Gasteiger partial charge in [-0.15, -0.1) is 11.3 Å². The zero-order valence-corrected chi connectivity index (χ0v) is 11.7. The molecular weight excluding hydrogens is 263 g/mol. The number of carbonyl (C=O) groups excluding carboxylic acids is 1. The minimum absolute atomic E-state index is 0.0189. The average Bonchev–Trinajstić information content (AvgIpc) is 2.74. The third-order valence-electron chi connectivity index (χ3n) is 2.73. The van der Waals surface area contributed by atoms with Crippen LogP contribution in [0, 0.1) is 12.7 Å². The number of amides is 1. The second-order valence-corrected chi connectivity index (χ2v) is 5.48. The van der Waals surface area contributed by atoms with Crippen molar-refractivity contribution in [2.75, 3.05) is 7.05 Å². The number of aromatic nitrogens is 1. The molecule has 1 aromatic carbocycles. The van der Waals surface area contributed by atoms with Crippen molar-refractivity contribution in [3.05, 3.63) is 51.7 Å². The number of carbonyl (C=O) groups is 1. The number of halogens is 1. The predicted octanol–water partition coefficient (Wildman–Crippen LogP) is 2.79. The fraction of sp³-hybridized carbons (Fsp3) is 0.286. The van der Waals surface area contributed by atoms with Gasteiger partial charge in [0.2, 0.25) is 5.91 Å². The molecule has 0 unspecified atom stereocenters. The van der Waals surface area contributed by atoms with Gasteiger partial charge in [-0.05, 0) is 24.6 Å². The summed E-state index contributed by atoms with van der Waals surface area (Å²) in [7, 11) is 1.71. The number of likely N-dealkylation sites (N-methyl/N-ethyl adjacent to an activating group) is 1. The van der Waals surface area contributed by atoms with Crippen LogP contribution in [0.2, 0.25) is 0 Å². The van der Waals surface area contributed by atoms with Crippen LogP contribution in [0.5, 0.6) is 0 Å². The summed E-state index contributed by atoms with van der Waals surface area (Å²) in [6.07, 6.45) is 0.288. The Morgan fingerprint density at radius 1 is 1.47 bits per heavy atom. The molecule has 0 bridgehead atoms. The molecule has 0 saturated heterocycles. The van der Waals surface area contributed by atoms with Crippen LogP contribution >= 0.6 is 11.3 Å². The number of aryl methyl sites for hydroxylation is 1. The molecule has 0 radical (unpaired) electrons. The van der Waals surface area contributed by atoms with E-state index in [1.807, 2.05) is 12.3 Å². The van der Waals surface area contributed by atoms with E-state index in [9.17, 15) is 9.18 Å². The lowest BCUT2D eigenvalue weighted by Crippen LogP contribution is -2.27. The normalized spacial score (nSPS) is 10.5. The van der Waals surface area contributed by atoms with Gasteiger partial charge in [0, 0.05) is 19.0 Å². The van der Waals surface area contributed by atoms with Gasteiger partial charge in [-0.1, -0.05) is 12.1 Å². The van der Waals surface area contributed by atoms with E-state index in [1.54, 1.807) is 24.1 Å². The van der Waals surface area contributed by atoms with E-state index in [0.717, 1.165) is 16.3 Å². The summed E-state index contributed by atoms with van der Waals surface area (Å²) in [5, 5.41) is 2.85. The molecule has 0 N–H and O–H groups in total. The standard InChI is InChI=1S/C14H15FN2OS/c1-10-16-13(9-19-10)7-14(18)17(2)8-11-4-3-5-12(15)6-11/h3-6,9H,7-8H2,1-2H3. The summed E-state index contributed by atoms with van der Waals surface area (Å²) < 4.78 is 13.1. The molecule has 0 fully saturated rings. The minimum atomic E-state index is -0.284. The minimum Gasteiger partial charge on any atom is -0.341 e. The first kappa shape index (κ1) is 13.7. The van der Waals surface area contributed by atoms with E-state index in [2.05, 4.69) is 4.98 Å². The Hall–Kier alpha value is -1.75. The summed E-state index contributed by atoms with van der Waals surface area (Å²) in [4.78, 5) is 17.9. The maximum Gasteiger partial charge on any atom is 0.228 e. The van der Waals surface area contributed by atoms with Crippen LogP contribution in [-0.2, 0) is 17.8 Å². The lowest BCUT2D eigenvalue weighted by molar-refractivity contribution is -0.129. The van der Waals surface area contributed by atoms with Crippen LogP contribution in [0.1, 0.15) is 16.3 Å². The van der Waals surface area contributed by atoms with Crippen LogP contribution in [0.25, 0.3) is 0 Å². The van der Waals surface area contributed by atoms with Crippen LogP contribution < -0.4 is 0 Å². The van der Waals surface area contributed by atoms with Gasteiger partial charge in [-0.25, -0.2) is 9.37 Å². The third-order valence-corrected chi connectivity index (χ3v) is 3.56. The van der Waals surface area contributed by atoms with Gasteiger partial charge in [0.15, 0.2) is 0 Å². The molecule has 1 aromatic heterocycles. The van der Waals surface area contributed by atoms with Crippen LogP contribution in [0.15, 0.2) is 29.6 Å². The zero-order valence-electron chi connectivity index (χ0n) is 10.9. The van der Waals surface area contributed by atoms with E-state index >= 15 is 0 Å². The van der Waals surface area contributed by atoms with Crippen molar-refractivity contribution in [3.63, 3.8) is 0 Å². The largest absolute Gasteiger partial charge is 0.341 e. The summed E-state index contributed by atoms with van der Waals surface area (Å²) in [6, 6.07) is 6.28. The highest BCUT2D eigenvalue weighted by Crippen LogP contribution is 2.11. The molecule has 100 valence electrons. The molecule has 19 heavy (non-hydrogen) atoms. The fourth-order valence-corrected chi connectivity index (χ4v) is 2.39. The molecule has 0 atom stereocenters. The topological polar surface area (TPSA) is 33.2 Å². The lowest BCUT2D eigenvalue weighted by Gasteiger charge is -2.16. The first-order chi connectivity index (χ1) is 9.04. The summed E-state index contributed by atoms with van der Waals surface area (Å²) in [6.45, 7) is 2.31. The molecule has 1 amide bonds. The Morgan fingerprint density at radius 3 is 2.89 bits per heavy atom. The van der Waals surface area contributed by atoms with E-state index in [0.29, 0.717) is 6.54 Å². The molecule has 0 aliphatic heterocycles. The molecule has 5 heteroatoms. The van der Waals surface area contributed by atoms with Crippen molar-refractivity contribution >= 4 is 17.2 Å². The molecule has 0 saturated carbocycles. The van der Waals surface area contributed by atoms with Gasteiger partial charge in [-0.3, -0.25) is 4.79 Å². The van der Waals surface area contributed by atoms with Crippen LogP contribution in [0.3, 0.4) is 0 Å². The molecule has 3 nitrogen and oxygen atoms in total. The van der Waals surface area contributed by atoms with Crippen molar-refractivity contribution < 1.29 is 9.18 Å². The van der Waals surface area contributed by atoms with Crippen molar-refractivity contribution in [2.24, 2.45) is 0 Å². The summed E-state index contributed by atoms with van der Waals surface area (Å²) in [5.41, 5.74) is 1.57. The predicted molar refractivity (Wildman–Crippen MR) is 73.4 cm³/mol. The number of benzene rings is 1. The monoisotopic (exact) mass is 278 g/mol. The maximum absolute atomic E-state index is 13.1. The third kappa shape index (κ3) is 3.86. The molecule has 1 heterocycles. The van der Waals surface area contributed by atoms with Crippen molar-refractivity contribution in [1.82, 2.24) is 9.88 Å². The fourth-order valence-electron chi connectivity index (χ4n) is 1.78. The SMILES string of the molecule is Cc1nc(CC(=O)N(C)Cc2cccc(F)c2)cs1. The highest BCUT2D eigenvalue weighted by atomic mass is 32.1. The van der Waals surface area contributed by atoms with Crippen molar-refractivity contribution in [2.45, 2.75) is 19.9 Å².